The standard InChI is InChI=1S/C31H29ClF3N9O4S/c1-4-22-25(41-9-11-42(12-10-41)29(47)27-37-17(2)16-49-27)28(46)44-30(39-26(40-44)18-7-8-36-24(13-18)48-3)43(22)15-23(45)38-21-6-5-19(14-20(21)32)31(33,34)35/h5-8,13-14,16H,4,9-12,15H2,1-3H3,(H,38,45). The third kappa shape index (κ3) is 6.80. The Morgan fingerprint density at radius 3 is 2.49 bits per heavy atom. The summed E-state index contributed by atoms with van der Waals surface area (Å²) in [5.74, 6) is -0.274. The number of amides is 2. The van der Waals surface area contributed by atoms with Crippen molar-refractivity contribution in [2.75, 3.05) is 43.5 Å². The molecule has 6 rings (SSSR count). The minimum Gasteiger partial charge on any atom is -0.481 e. The number of aryl methyl sites for hydroxylation is 1. The summed E-state index contributed by atoms with van der Waals surface area (Å²) in [6.07, 6.45) is -2.80. The molecule has 1 N–H and O–H groups in total. The number of halogens is 4. The van der Waals surface area contributed by atoms with Crippen LogP contribution in [-0.2, 0) is 23.9 Å². The van der Waals surface area contributed by atoms with Crippen molar-refractivity contribution >= 4 is 51.9 Å². The van der Waals surface area contributed by atoms with E-state index in [1.165, 1.54) is 24.6 Å². The van der Waals surface area contributed by atoms with Gasteiger partial charge in [0, 0.05) is 55.1 Å². The van der Waals surface area contributed by atoms with Gasteiger partial charge in [-0.25, -0.2) is 9.97 Å². The maximum absolute atomic E-state index is 14.2. The van der Waals surface area contributed by atoms with E-state index in [1.807, 2.05) is 24.1 Å². The van der Waals surface area contributed by atoms with Crippen molar-refractivity contribution < 1.29 is 27.5 Å². The summed E-state index contributed by atoms with van der Waals surface area (Å²) in [5, 5.41) is 8.99. The largest absolute Gasteiger partial charge is 0.481 e. The van der Waals surface area contributed by atoms with Crippen LogP contribution in [0.25, 0.3) is 17.2 Å². The Kier molecular flexibility index (Phi) is 9.30. The smallest absolute Gasteiger partial charge is 0.416 e. The third-order valence-corrected chi connectivity index (χ3v) is 9.18. The van der Waals surface area contributed by atoms with Gasteiger partial charge in [-0.3, -0.25) is 14.4 Å². The molecule has 5 aromatic rings. The van der Waals surface area contributed by atoms with Crippen LogP contribution in [0.4, 0.5) is 24.5 Å². The number of fused-ring (bicyclic) bond motifs is 1. The van der Waals surface area contributed by atoms with Crippen LogP contribution in [0.2, 0.25) is 5.02 Å². The van der Waals surface area contributed by atoms with Crippen LogP contribution in [0, 0.1) is 6.92 Å². The highest BCUT2D eigenvalue weighted by Gasteiger charge is 2.32. The van der Waals surface area contributed by atoms with Crippen LogP contribution in [0.5, 0.6) is 5.88 Å². The van der Waals surface area contributed by atoms with Crippen molar-refractivity contribution in [2.45, 2.75) is 33.0 Å². The second-order valence-corrected chi connectivity index (χ2v) is 12.4. The Morgan fingerprint density at radius 1 is 1.10 bits per heavy atom. The Labute approximate surface area is 285 Å². The summed E-state index contributed by atoms with van der Waals surface area (Å²) in [6.45, 7) is 4.55. The van der Waals surface area contributed by atoms with Gasteiger partial charge in [0.15, 0.2) is 10.8 Å². The Balaban J connectivity index is 1.38. The number of alkyl halides is 3. The molecule has 18 heteroatoms. The number of carbonyl (C=O) groups excluding carboxylic acids is 2. The average molecular weight is 716 g/mol. The van der Waals surface area contributed by atoms with E-state index in [1.54, 1.807) is 21.6 Å². The van der Waals surface area contributed by atoms with E-state index in [-0.39, 0.29) is 40.5 Å². The third-order valence-electron chi connectivity index (χ3n) is 7.92. The van der Waals surface area contributed by atoms with Gasteiger partial charge in [-0.2, -0.15) is 22.7 Å². The van der Waals surface area contributed by atoms with Gasteiger partial charge in [-0.15, -0.1) is 16.4 Å². The fourth-order valence-electron chi connectivity index (χ4n) is 5.56. The topological polar surface area (TPSA) is 140 Å². The first-order valence-corrected chi connectivity index (χ1v) is 16.3. The Hall–Kier alpha value is -5.03. The zero-order chi connectivity index (χ0) is 35.0. The summed E-state index contributed by atoms with van der Waals surface area (Å²) < 4.78 is 47.5. The normalized spacial score (nSPS) is 13.6. The zero-order valence-corrected chi connectivity index (χ0v) is 28.0. The van der Waals surface area contributed by atoms with Gasteiger partial charge in [0.2, 0.25) is 17.6 Å². The molecule has 5 heterocycles. The molecule has 0 saturated carbocycles. The molecule has 256 valence electrons. The molecule has 1 aliphatic heterocycles. The van der Waals surface area contributed by atoms with E-state index in [0.717, 1.165) is 28.4 Å². The van der Waals surface area contributed by atoms with E-state index < -0.39 is 23.2 Å². The lowest BCUT2D eigenvalue weighted by atomic mass is 10.2. The lowest BCUT2D eigenvalue weighted by molar-refractivity contribution is -0.137. The molecule has 13 nitrogen and oxygen atoms in total. The first-order chi connectivity index (χ1) is 23.4. The van der Waals surface area contributed by atoms with Crippen molar-refractivity contribution in [1.29, 1.82) is 0 Å². The predicted octanol–water partition coefficient (Wildman–Crippen LogP) is 4.56. The predicted molar refractivity (Wildman–Crippen MR) is 176 cm³/mol. The summed E-state index contributed by atoms with van der Waals surface area (Å²) >= 11 is 7.39. The molecule has 2 amide bonds. The number of hydrogen-bond donors (Lipinski definition) is 1. The second kappa shape index (κ2) is 13.5. The lowest BCUT2D eigenvalue weighted by Gasteiger charge is -2.36. The second-order valence-electron chi connectivity index (χ2n) is 11.1. The number of methoxy groups -OCH3 is 1. The highest BCUT2D eigenvalue weighted by molar-refractivity contribution is 7.11. The zero-order valence-electron chi connectivity index (χ0n) is 26.4. The van der Waals surface area contributed by atoms with Gasteiger partial charge in [0.05, 0.1) is 29.1 Å². The summed E-state index contributed by atoms with van der Waals surface area (Å²) in [7, 11) is 1.46. The first-order valence-electron chi connectivity index (χ1n) is 15.0. The fourth-order valence-corrected chi connectivity index (χ4v) is 6.55. The molecule has 0 bridgehead atoms. The van der Waals surface area contributed by atoms with Crippen LogP contribution in [0.1, 0.15) is 33.7 Å². The molecular formula is C31H29ClF3N9O4S. The van der Waals surface area contributed by atoms with Crippen LogP contribution >= 0.6 is 22.9 Å². The Bertz CT molecular complexity index is 2120. The molecule has 0 unspecified atom stereocenters. The van der Waals surface area contributed by atoms with Gasteiger partial charge in [-0.05, 0) is 37.6 Å². The highest BCUT2D eigenvalue weighted by Crippen LogP contribution is 2.34. The van der Waals surface area contributed by atoms with Crippen molar-refractivity contribution in [3.8, 4) is 17.3 Å². The summed E-state index contributed by atoms with van der Waals surface area (Å²) in [5.41, 5.74) is 0.593. The molecule has 1 saturated heterocycles. The number of rotatable bonds is 8. The number of pyridine rings is 1. The summed E-state index contributed by atoms with van der Waals surface area (Å²) in [4.78, 5) is 57.3. The molecule has 4 aromatic heterocycles. The average Bonchev–Trinajstić information content (AvgIpc) is 3.73. The van der Waals surface area contributed by atoms with Crippen LogP contribution < -0.4 is 20.5 Å². The van der Waals surface area contributed by atoms with Crippen LogP contribution in [0.3, 0.4) is 0 Å². The molecule has 0 aliphatic carbocycles. The van der Waals surface area contributed by atoms with E-state index in [0.29, 0.717) is 54.7 Å². The molecule has 49 heavy (non-hydrogen) atoms. The number of benzene rings is 1. The Morgan fingerprint density at radius 2 is 1.86 bits per heavy atom. The highest BCUT2D eigenvalue weighted by atomic mass is 35.5. The number of aromatic nitrogens is 6. The fraction of sp³-hybridized carbons (Fsp3) is 0.323. The molecular weight excluding hydrogens is 687 g/mol. The number of carbonyl (C=O) groups is 2. The lowest BCUT2D eigenvalue weighted by Crippen LogP contribution is -2.51. The molecule has 1 aliphatic rings. The monoisotopic (exact) mass is 715 g/mol. The minimum atomic E-state index is -4.61. The number of hydrogen-bond acceptors (Lipinski definition) is 10. The maximum atomic E-state index is 14.2. The van der Waals surface area contributed by atoms with Crippen molar-refractivity contribution in [3.63, 3.8) is 0 Å². The van der Waals surface area contributed by atoms with Crippen molar-refractivity contribution in [3.05, 3.63) is 79.2 Å². The van der Waals surface area contributed by atoms with Gasteiger partial charge in [0.1, 0.15) is 12.2 Å². The minimum absolute atomic E-state index is 0.0164. The van der Waals surface area contributed by atoms with E-state index >= 15 is 0 Å². The SMILES string of the molecule is CCc1c(N2CCN(C(=O)c3nc(C)cs3)CC2)c(=O)n2nc(-c3ccnc(OC)c3)nc2n1CC(=O)Nc1ccc(C(F)(F)F)cc1Cl. The van der Waals surface area contributed by atoms with Gasteiger partial charge in [0.25, 0.3) is 11.5 Å². The van der Waals surface area contributed by atoms with E-state index in [9.17, 15) is 27.6 Å². The summed E-state index contributed by atoms with van der Waals surface area (Å²) in [6, 6.07) is 5.88. The maximum Gasteiger partial charge on any atom is 0.416 e. The molecule has 1 aromatic carbocycles. The van der Waals surface area contributed by atoms with Gasteiger partial charge < -0.3 is 24.4 Å². The van der Waals surface area contributed by atoms with Crippen LogP contribution in [-0.4, -0.2) is 79.1 Å². The van der Waals surface area contributed by atoms with E-state index in [4.69, 9.17) is 16.3 Å². The van der Waals surface area contributed by atoms with Gasteiger partial charge in [-0.1, -0.05) is 18.5 Å². The molecule has 0 spiro atoms. The number of nitrogens with zero attached hydrogens (tertiary/aromatic N) is 8. The number of ether oxygens (including phenoxy) is 1. The molecule has 0 atom stereocenters. The van der Waals surface area contributed by atoms with E-state index in [2.05, 4.69) is 25.4 Å². The molecule has 0 radical (unpaired) electrons. The van der Waals surface area contributed by atoms with Crippen LogP contribution in [0.15, 0.2) is 46.7 Å². The quantitative estimate of drug-likeness (QED) is 0.245. The van der Waals surface area contributed by atoms with Crippen molar-refractivity contribution in [2.24, 2.45) is 0 Å². The number of anilines is 2. The first kappa shape index (κ1) is 33.9. The number of piperazine rings is 1. The molecule has 1 fully saturated rings. The van der Waals surface area contributed by atoms with Crippen molar-refractivity contribution in [1.82, 2.24) is 34.0 Å². The number of thiazole rings is 1. The van der Waals surface area contributed by atoms with Gasteiger partial charge >= 0.3 is 6.18 Å². The number of nitrogens with one attached hydrogen (secondary N) is 1.